The Kier molecular flexibility index (Phi) is 41.4. The van der Waals surface area contributed by atoms with Gasteiger partial charge in [-0.1, -0.05) is 151 Å². The van der Waals surface area contributed by atoms with Crippen LogP contribution in [0.4, 0.5) is 4.79 Å². The monoisotopic (exact) mass is 839 g/mol. The predicted molar refractivity (Wildman–Crippen MR) is 247 cm³/mol. The Hall–Kier alpha value is -1.87. The molecular formula is C50H98N2O7. The van der Waals surface area contributed by atoms with Crippen molar-refractivity contribution in [3.05, 3.63) is 0 Å². The zero-order chi connectivity index (χ0) is 43.6. The summed E-state index contributed by atoms with van der Waals surface area (Å²) in [7, 11) is 0. The second-order valence-electron chi connectivity index (χ2n) is 17.3. The Morgan fingerprint density at radius 1 is 0.407 bits per heavy atom. The first-order valence-corrected chi connectivity index (χ1v) is 25.4. The van der Waals surface area contributed by atoms with Crippen molar-refractivity contribution in [3.63, 3.8) is 0 Å². The number of hydrogen-bond donors (Lipinski definition) is 0. The molecule has 0 rings (SSSR count). The molecule has 0 spiro atoms. The SMILES string of the molecule is CCCCCCC(CCCC)COC(=O)CCCCCCC(CCCCCCC(=O)OCC(CCCC)CCCCCC)OC(=O)OCCN(CC)CCN(CC)CC. The van der Waals surface area contributed by atoms with E-state index in [1.807, 2.05) is 0 Å². The fourth-order valence-electron chi connectivity index (χ4n) is 7.82. The van der Waals surface area contributed by atoms with Gasteiger partial charge in [-0.3, -0.25) is 14.5 Å². The highest BCUT2D eigenvalue weighted by Crippen LogP contribution is 2.21. The van der Waals surface area contributed by atoms with Crippen LogP contribution in [0.1, 0.15) is 228 Å². The predicted octanol–water partition coefficient (Wildman–Crippen LogP) is 13.5. The van der Waals surface area contributed by atoms with Crippen LogP contribution in [0, 0.1) is 11.8 Å². The van der Waals surface area contributed by atoms with E-state index < -0.39 is 6.16 Å². The summed E-state index contributed by atoms with van der Waals surface area (Å²) in [5.74, 6) is 0.839. The van der Waals surface area contributed by atoms with E-state index in [9.17, 15) is 14.4 Å². The molecule has 0 radical (unpaired) electrons. The lowest BCUT2D eigenvalue weighted by Crippen LogP contribution is -2.37. The topological polar surface area (TPSA) is 94.6 Å². The van der Waals surface area contributed by atoms with Gasteiger partial charge in [0.25, 0.3) is 0 Å². The molecular weight excluding hydrogens is 741 g/mol. The first-order valence-electron chi connectivity index (χ1n) is 25.4. The van der Waals surface area contributed by atoms with E-state index in [1.165, 1.54) is 77.0 Å². The minimum atomic E-state index is -0.578. The van der Waals surface area contributed by atoms with Crippen LogP contribution in [-0.4, -0.2) is 93.1 Å². The molecule has 0 fully saturated rings. The Labute approximate surface area is 365 Å². The summed E-state index contributed by atoms with van der Waals surface area (Å²) in [5, 5.41) is 0. The van der Waals surface area contributed by atoms with Gasteiger partial charge < -0.3 is 23.8 Å². The third-order valence-electron chi connectivity index (χ3n) is 12.1. The number of nitrogens with zero attached hydrogens (tertiary/aromatic N) is 2. The van der Waals surface area contributed by atoms with Crippen LogP contribution in [0.2, 0.25) is 0 Å². The molecule has 0 saturated carbocycles. The second-order valence-corrected chi connectivity index (χ2v) is 17.3. The van der Waals surface area contributed by atoms with Crippen molar-refractivity contribution in [2.24, 2.45) is 11.8 Å². The van der Waals surface area contributed by atoms with Crippen LogP contribution >= 0.6 is 0 Å². The van der Waals surface area contributed by atoms with Gasteiger partial charge in [-0.15, -0.1) is 0 Å². The molecule has 9 nitrogen and oxygen atoms in total. The number of ether oxygens (including phenoxy) is 4. The van der Waals surface area contributed by atoms with Crippen molar-refractivity contribution in [3.8, 4) is 0 Å². The second kappa shape index (κ2) is 42.8. The molecule has 0 heterocycles. The first-order chi connectivity index (χ1) is 28.8. The summed E-state index contributed by atoms with van der Waals surface area (Å²) in [4.78, 5) is 42.7. The van der Waals surface area contributed by atoms with Crippen molar-refractivity contribution < 1.29 is 33.3 Å². The van der Waals surface area contributed by atoms with Crippen molar-refractivity contribution in [2.75, 3.05) is 59.1 Å². The number of esters is 2. The zero-order valence-corrected chi connectivity index (χ0v) is 40.1. The summed E-state index contributed by atoms with van der Waals surface area (Å²) in [5.41, 5.74) is 0. The molecule has 0 aromatic heterocycles. The Bertz CT molecular complexity index is 894. The number of carbonyl (C=O) groups is 3. The minimum absolute atomic E-state index is 0.0686. The Morgan fingerprint density at radius 3 is 1.24 bits per heavy atom. The summed E-state index contributed by atoms with van der Waals surface area (Å²) in [6.45, 7) is 22.5. The van der Waals surface area contributed by atoms with Gasteiger partial charge in [0, 0.05) is 32.5 Å². The van der Waals surface area contributed by atoms with Crippen LogP contribution in [0.5, 0.6) is 0 Å². The fraction of sp³-hybridized carbons (Fsp3) is 0.940. The molecule has 59 heavy (non-hydrogen) atoms. The normalized spacial score (nSPS) is 13.1. The molecule has 0 N–H and O–H groups in total. The maximum absolute atomic E-state index is 12.8. The van der Waals surface area contributed by atoms with Gasteiger partial charge >= 0.3 is 18.1 Å². The number of hydrogen-bond acceptors (Lipinski definition) is 9. The van der Waals surface area contributed by atoms with Gasteiger partial charge in [0.05, 0.1) is 13.2 Å². The van der Waals surface area contributed by atoms with Crippen LogP contribution in [0.15, 0.2) is 0 Å². The molecule has 0 aliphatic rings. The van der Waals surface area contributed by atoms with E-state index in [0.717, 1.165) is 123 Å². The number of likely N-dealkylation sites (N-methyl/N-ethyl adjacent to an activating group) is 2. The summed E-state index contributed by atoms with van der Waals surface area (Å²) < 4.78 is 22.9. The fourth-order valence-corrected chi connectivity index (χ4v) is 7.82. The lowest BCUT2D eigenvalue weighted by atomic mass is 9.96. The van der Waals surface area contributed by atoms with Crippen LogP contribution in [0.25, 0.3) is 0 Å². The van der Waals surface area contributed by atoms with E-state index in [4.69, 9.17) is 18.9 Å². The summed E-state index contributed by atoms with van der Waals surface area (Å²) in [6.07, 6.45) is 28.5. The molecule has 0 bridgehead atoms. The van der Waals surface area contributed by atoms with Gasteiger partial charge in [-0.2, -0.15) is 0 Å². The molecule has 0 aromatic rings. The van der Waals surface area contributed by atoms with Gasteiger partial charge in [0.1, 0.15) is 12.7 Å². The summed E-state index contributed by atoms with van der Waals surface area (Å²) >= 11 is 0. The highest BCUT2D eigenvalue weighted by molar-refractivity contribution is 5.69. The quantitative estimate of drug-likeness (QED) is 0.0338. The van der Waals surface area contributed by atoms with E-state index in [0.29, 0.717) is 51.0 Å². The maximum atomic E-state index is 12.8. The number of unbranched alkanes of at least 4 members (excludes halogenated alkanes) is 14. The molecule has 9 heteroatoms. The first kappa shape index (κ1) is 57.1. The van der Waals surface area contributed by atoms with E-state index >= 15 is 0 Å². The largest absolute Gasteiger partial charge is 0.508 e. The van der Waals surface area contributed by atoms with Gasteiger partial charge in [-0.05, 0) is 95.7 Å². The van der Waals surface area contributed by atoms with Crippen molar-refractivity contribution in [2.45, 2.75) is 234 Å². The lowest BCUT2D eigenvalue weighted by Gasteiger charge is -2.25. The Balaban J connectivity index is 4.79. The van der Waals surface area contributed by atoms with E-state index in [2.05, 4.69) is 58.3 Å². The maximum Gasteiger partial charge on any atom is 0.508 e. The van der Waals surface area contributed by atoms with Crippen LogP contribution < -0.4 is 0 Å². The molecule has 0 aromatic carbocycles. The van der Waals surface area contributed by atoms with E-state index in [-0.39, 0.29) is 18.0 Å². The highest BCUT2D eigenvalue weighted by atomic mass is 16.7. The highest BCUT2D eigenvalue weighted by Gasteiger charge is 2.18. The molecule has 350 valence electrons. The number of carbonyl (C=O) groups excluding carboxylic acids is 3. The van der Waals surface area contributed by atoms with Gasteiger partial charge in [0.15, 0.2) is 0 Å². The van der Waals surface area contributed by atoms with Crippen molar-refractivity contribution >= 4 is 18.1 Å². The Morgan fingerprint density at radius 2 is 0.797 bits per heavy atom. The molecule has 0 aliphatic carbocycles. The standard InChI is InChI=1S/C50H98N2O7/c1-8-15-19-25-33-45(31-17-10-3)43-57-48(53)37-29-23-21-27-35-47(59-50(55)56-42-41-52(14-7)40-39-51(12-5)13-6)36-28-22-24-30-38-49(54)58-44-46(32-18-11-4)34-26-20-16-9-2/h45-47H,8-44H2,1-7H3. The third-order valence-corrected chi connectivity index (χ3v) is 12.1. The molecule has 0 amide bonds. The van der Waals surface area contributed by atoms with Crippen molar-refractivity contribution in [1.82, 2.24) is 9.80 Å². The van der Waals surface area contributed by atoms with Crippen LogP contribution in [-0.2, 0) is 28.5 Å². The van der Waals surface area contributed by atoms with E-state index in [1.54, 1.807) is 0 Å². The average molecular weight is 839 g/mol. The molecule has 2 unspecified atom stereocenters. The molecule has 0 saturated heterocycles. The lowest BCUT2D eigenvalue weighted by molar-refractivity contribution is -0.146. The smallest absolute Gasteiger partial charge is 0.465 e. The minimum Gasteiger partial charge on any atom is -0.465 e. The van der Waals surface area contributed by atoms with Crippen molar-refractivity contribution in [1.29, 1.82) is 0 Å². The average Bonchev–Trinajstić information content (AvgIpc) is 3.24. The van der Waals surface area contributed by atoms with Gasteiger partial charge in [0.2, 0.25) is 0 Å². The van der Waals surface area contributed by atoms with Crippen LogP contribution in [0.3, 0.4) is 0 Å². The molecule has 2 atom stereocenters. The summed E-state index contributed by atoms with van der Waals surface area (Å²) in [6, 6.07) is 0. The molecule has 0 aliphatic heterocycles. The zero-order valence-electron chi connectivity index (χ0n) is 40.1. The number of rotatable bonds is 44. The third kappa shape index (κ3) is 36.5. The van der Waals surface area contributed by atoms with Gasteiger partial charge in [-0.25, -0.2) is 4.79 Å².